The molecule has 0 saturated carbocycles. The summed E-state index contributed by atoms with van der Waals surface area (Å²) in [5.41, 5.74) is 1.01. The molecule has 5 heteroatoms. The van der Waals surface area contributed by atoms with Gasteiger partial charge in [-0.25, -0.2) is 9.97 Å². The molecule has 0 aliphatic carbocycles. The van der Waals surface area contributed by atoms with Crippen LogP contribution in [0.5, 0.6) is 0 Å². The van der Waals surface area contributed by atoms with E-state index in [1.807, 2.05) is 6.92 Å². The molecule has 16 heavy (non-hydrogen) atoms. The van der Waals surface area contributed by atoms with E-state index in [1.54, 1.807) is 7.11 Å². The van der Waals surface area contributed by atoms with Gasteiger partial charge in [-0.2, -0.15) is 0 Å². The van der Waals surface area contributed by atoms with Crippen molar-refractivity contribution in [3.63, 3.8) is 0 Å². The van der Waals surface area contributed by atoms with Crippen LogP contribution in [0.25, 0.3) is 0 Å². The van der Waals surface area contributed by atoms with Crippen molar-refractivity contribution in [2.75, 3.05) is 13.7 Å². The Bertz CT molecular complexity index is 371. The van der Waals surface area contributed by atoms with Crippen molar-refractivity contribution >= 4 is 34.2 Å². The van der Waals surface area contributed by atoms with Crippen molar-refractivity contribution in [2.24, 2.45) is 0 Å². The summed E-state index contributed by atoms with van der Waals surface area (Å²) in [6.45, 7) is 6.85. The maximum absolute atomic E-state index is 6.11. The van der Waals surface area contributed by atoms with Gasteiger partial charge in [-0.3, -0.25) is 0 Å². The highest BCUT2D eigenvalue weighted by molar-refractivity contribution is 14.1. The van der Waals surface area contributed by atoms with Gasteiger partial charge in [-0.1, -0.05) is 32.4 Å². The number of aromatic nitrogens is 2. The number of rotatable bonds is 4. The first-order valence-electron chi connectivity index (χ1n) is 5.19. The van der Waals surface area contributed by atoms with Crippen LogP contribution in [0.4, 0.5) is 0 Å². The number of nitrogens with zero attached hydrogens (tertiary/aromatic N) is 2. The molecule has 3 nitrogen and oxygen atoms in total. The van der Waals surface area contributed by atoms with Crippen molar-refractivity contribution in [1.29, 1.82) is 0 Å². The van der Waals surface area contributed by atoms with Crippen LogP contribution in [0.15, 0.2) is 0 Å². The molecule has 0 fully saturated rings. The highest BCUT2D eigenvalue weighted by Gasteiger charge is 2.16. The van der Waals surface area contributed by atoms with E-state index in [0.29, 0.717) is 17.7 Å². The third-order valence-electron chi connectivity index (χ3n) is 2.26. The first-order chi connectivity index (χ1) is 7.47. The summed E-state index contributed by atoms with van der Waals surface area (Å²) in [6, 6.07) is 0. The fourth-order valence-electron chi connectivity index (χ4n) is 1.38. The second-order valence-corrected chi connectivity index (χ2v) is 5.52. The molecule has 1 aromatic rings. The fraction of sp³-hybridized carbons (Fsp3) is 0.636. The van der Waals surface area contributed by atoms with Crippen molar-refractivity contribution < 1.29 is 4.74 Å². The molecule has 0 amide bonds. The largest absolute Gasteiger partial charge is 0.384 e. The van der Waals surface area contributed by atoms with Gasteiger partial charge in [0.2, 0.25) is 0 Å². The number of hydrogen-bond acceptors (Lipinski definition) is 3. The summed E-state index contributed by atoms with van der Waals surface area (Å²) >= 11 is 8.30. The molecule has 1 unspecified atom stereocenters. The quantitative estimate of drug-likeness (QED) is 0.612. The summed E-state index contributed by atoms with van der Waals surface area (Å²) in [7, 11) is 1.67. The highest BCUT2D eigenvalue weighted by Crippen LogP contribution is 2.26. The van der Waals surface area contributed by atoms with Gasteiger partial charge >= 0.3 is 0 Å². The van der Waals surface area contributed by atoms with E-state index in [9.17, 15) is 0 Å². The first-order valence-corrected chi connectivity index (χ1v) is 6.64. The molecule has 1 rings (SSSR count). The van der Waals surface area contributed by atoms with Gasteiger partial charge in [0.15, 0.2) is 0 Å². The molecule has 0 spiro atoms. The predicted octanol–water partition coefficient (Wildman–Crippen LogP) is 3.61. The van der Waals surface area contributed by atoms with Gasteiger partial charge in [0, 0.05) is 13.0 Å². The minimum atomic E-state index is 0.164. The Morgan fingerprint density at radius 3 is 2.44 bits per heavy atom. The van der Waals surface area contributed by atoms with E-state index in [2.05, 4.69) is 46.4 Å². The van der Waals surface area contributed by atoms with Crippen LogP contribution in [0.2, 0.25) is 5.15 Å². The average Bonchev–Trinajstić information content (AvgIpc) is 2.21. The van der Waals surface area contributed by atoms with Gasteiger partial charge in [0.25, 0.3) is 0 Å². The third-order valence-corrected chi connectivity index (χ3v) is 3.91. The Kier molecular flexibility index (Phi) is 5.40. The second kappa shape index (κ2) is 6.12. The molecule has 0 N–H and O–H groups in total. The van der Waals surface area contributed by atoms with Gasteiger partial charge in [-0.15, -0.1) is 0 Å². The minimum Gasteiger partial charge on any atom is -0.384 e. The smallest absolute Gasteiger partial charge is 0.146 e. The SMILES string of the molecule is COCC(C)c1nc(Cl)c(I)c(C(C)C)n1. The van der Waals surface area contributed by atoms with Crippen LogP contribution in [-0.4, -0.2) is 23.7 Å². The van der Waals surface area contributed by atoms with Crippen molar-refractivity contribution in [2.45, 2.75) is 32.6 Å². The molecule has 1 atom stereocenters. The van der Waals surface area contributed by atoms with E-state index in [4.69, 9.17) is 16.3 Å². The van der Waals surface area contributed by atoms with Crippen LogP contribution in [0.3, 0.4) is 0 Å². The van der Waals surface area contributed by atoms with E-state index in [0.717, 1.165) is 15.1 Å². The van der Waals surface area contributed by atoms with Crippen LogP contribution < -0.4 is 0 Å². The molecule has 0 aliphatic heterocycles. The molecule has 1 heterocycles. The van der Waals surface area contributed by atoms with Gasteiger partial charge in [-0.05, 0) is 28.5 Å². The topological polar surface area (TPSA) is 35.0 Å². The Morgan fingerprint density at radius 2 is 1.94 bits per heavy atom. The summed E-state index contributed by atoms with van der Waals surface area (Å²) in [4.78, 5) is 8.87. The molecule has 90 valence electrons. The Labute approximate surface area is 115 Å². The van der Waals surface area contributed by atoms with Crippen LogP contribution >= 0.6 is 34.2 Å². The molecule has 0 radical (unpaired) electrons. The fourth-order valence-corrected chi connectivity index (χ4v) is 2.43. The number of hydrogen-bond donors (Lipinski definition) is 0. The maximum Gasteiger partial charge on any atom is 0.146 e. The van der Waals surface area contributed by atoms with E-state index < -0.39 is 0 Å². The van der Waals surface area contributed by atoms with Crippen LogP contribution in [0, 0.1) is 3.57 Å². The van der Waals surface area contributed by atoms with E-state index in [1.165, 1.54) is 0 Å². The van der Waals surface area contributed by atoms with E-state index >= 15 is 0 Å². The van der Waals surface area contributed by atoms with E-state index in [-0.39, 0.29) is 5.92 Å². The Morgan fingerprint density at radius 1 is 1.31 bits per heavy atom. The normalized spacial score (nSPS) is 13.2. The molecule has 0 aromatic carbocycles. The number of halogens is 2. The molecular formula is C11H16ClIN2O. The summed E-state index contributed by atoms with van der Waals surface area (Å²) in [5.74, 6) is 1.27. The zero-order valence-electron chi connectivity index (χ0n) is 9.92. The van der Waals surface area contributed by atoms with Gasteiger partial charge in [0.05, 0.1) is 15.9 Å². The lowest BCUT2D eigenvalue weighted by Crippen LogP contribution is -2.11. The summed E-state index contributed by atoms with van der Waals surface area (Å²) < 4.78 is 6.05. The molecule has 0 aliphatic rings. The Balaban J connectivity index is 3.13. The lowest BCUT2D eigenvalue weighted by Gasteiger charge is -2.14. The number of methoxy groups -OCH3 is 1. The maximum atomic E-state index is 6.11. The average molecular weight is 355 g/mol. The Hall–Kier alpha value is 0.0600. The van der Waals surface area contributed by atoms with Crippen molar-refractivity contribution in [1.82, 2.24) is 9.97 Å². The first kappa shape index (κ1) is 14.1. The highest BCUT2D eigenvalue weighted by atomic mass is 127. The summed E-state index contributed by atoms with van der Waals surface area (Å²) in [6.07, 6.45) is 0. The standard InChI is InChI=1S/C11H16ClIN2O/c1-6(2)9-8(13)10(12)15-11(14-9)7(3)5-16-4/h6-7H,5H2,1-4H3. The minimum absolute atomic E-state index is 0.164. The van der Waals surface area contributed by atoms with Crippen LogP contribution in [0.1, 0.15) is 44.1 Å². The zero-order chi connectivity index (χ0) is 12.3. The van der Waals surface area contributed by atoms with Gasteiger partial charge in [0.1, 0.15) is 11.0 Å². The molecule has 0 bridgehead atoms. The lowest BCUT2D eigenvalue weighted by molar-refractivity contribution is 0.181. The van der Waals surface area contributed by atoms with Gasteiger partial charge < -0.3 is 4.74 Å². The number of ether oxygens (including phenoxy) is 1. The molecule has 0 saturated heterocycles. The monoisotopic (exact) mass is 354 g/mol. The third kappa shape index (κ3) is 3.28. The van der Waals surface area contributed by atoms with Crippen molar-refractivity contribution in [3.8, 4) is 0 Å². The molecule has 1 aromatic heterocycles. The summed E-state index contributed by atoms with van der Waals surface area (Å²) in [5, 5.41) is 0.539. The second-order valence-electron chi connectivity index (χ2n) is 4.08. The van der Waals surface area contributed by atoms with Crippen LogP contribution in [-0.2, 0) is 4.74 Å². The lowest BCUT2D eigenvalue weighted by atomic mass is 10.1. The predicted molar refractivity (Wildman–Crippen MR) is 74.1 cm³/mol. The molecular weight excluding hydrogens is 338 g/mol. The van der Waals surface area contributed by atoms with Crippen molar-refractivity contribution in [3.05, 3.63) is 20.2 Å². The zero-order valence-corrected chi connectivity index (χ0v) is 12.8.